The third-order valence-corrected chi connectivity index (χ3v) is 2.57. The van der Waals surface area contributed by atoms with E-state index in [4.69, 9.17) is 4.74 Å². The quantitative estimate of drug-likeness (QED) is 0.571. The number of ether oxygens (including phenoxy) is 2. The molecule has 1 heterocycles. The van der Waals surface area contributed by atoms with Gasteiger partial charge in [-0.2, -0.15) is 0 Å². The molecule has 0 radical (unpaired) electrons. The van der Waals surface area contributed by atoms with Gasteiger partial charge in [0.2, 0.25) is 0 Å². The van der Waals surface area contributed by atoms with Gasteiger partial charge in [-0.05, 0) is 18.2 Å². The first-order valence-corrected chi connectivity index (χ1v) is 5.01. The zero-order valence-corrected chi connectivity index (χ0v) is 9.47. The molecule has 2 rings (SSSR count). The van der Waals surface area contributed by atoms with Crippen molar-refractivity contribution in [3.05, 3.63) is 23.8 Å². The predicted molar refractivity (Wildman–Crippen MR) is 61.0 cm³/mol. The highest BCUT2D eigenvalue weighted by molar-refractivity contribution is 6.22. The summed E-state index contributed by atoms with van der Waals surface area (Å²) in [6.45, 7) is 0. The van der Waals surface area contributed by atoms with Crippen molar-refractivity contribution in [2.75, 3.05) is 14.2 Å². The topological polar surface area (TPSA) is 65.0 Å². The fourth-order valence-electron chi connectivity index (χ4n) is 1.64. The first-order valence-electron chi connectivity index (χ1n) is 5.01. The van der Waals surface area contributed by atoms with Gasteiger partial charge in [0, 0.05) is 11.8 Å². The minimum Gasteiger partial charge on any atom is -0.497 e. The van der Waals surface area contributed by atoms with Crippen LogP contribution in [-0.4, -0.2) is 32.2 Å². The van der Waals surface area contributed by atoms with Gasteiger partial charge in [-0.3, -0.25) is 14.6 Å². The van der Waals surface area contributed by atoms with Gasteiger partial charge in [-0.15, -0.1) is 0 Å². The Morgan fingerprint density at radius 3 is 2.76 bits per heavy atom. The monoisotopic (exact) mass is 233 g/mol. The van der Waals surface area contributed by atoms with Gasteiger partial charge < -0.3 is 9.47 Å². The number of aliphatic imine (C=N–C) groups is 1. The number of carbonyl (C=O) groups excluding carboxylic acids is 2. The molecule has 1 aromatic rings. The van der Waals surface area contributed by atoms with Crippen LogP contribution < -0.4 is 4.74 Å². The lowest BCUT2D eigenvalue weighted by molar-refractivity contribution is -0.141. The lowest BCUT2D eigenvalue weighted by atomic mass is 9.94. The van der Waals surface area contributed by atoms with Gasteiger partial charge in [-0.1, -0.05) is 0 Å². The summed E-state index contributed by atoms with van der Waals surface area (Å²) in [6.07, 6.45) is 1.31. The smallest absolute Gasteiger partial charge is 0.322 e. The van der Waals surface area contributed by atoms with Crippen molar-refractivity contribution in [3.63, 3.8) is 0 Å². The van der Waals surface area contributed by atoms with E-state index in [1.165, 1.54) is 20.4 Å². The number of carbonyl (C=O) groups is 2. The number of Topliss-reactive ketones (excluding diaryl/α,β-unsaturated/α-hetero) is 1. The fraction of sp³-hybridized carbons (Fsp3) is 0.250. The molecule has 1 unspecified atom stereocenters. The van der Waals surface area contributed by atoms with E-state index in [1.807, 2.05) is 0 Å². The lowest BCUT2D eigenvalue weighted by Gasteiger charge is -2.16. The molecular formula is C12H11NO4. The number of esters is 1. The third kappa shape index (κ3) is 1.91. The molecule has 1 atom stereocenters. The van der Waals surface area contributed by atoms with Crippen LogP contribution in [-0.2, 0) is 9.53 Å². The lowest BCUT2D eigenvalue weighted by Crippen LogP contribution is -2.28. The average Bonchev–Trinajstić information content (AvgIpc) is 2.38. The zero-order valence-electron chi connectivity index (χ0n) is 9.47. The molecule has 0 bridgehead atoms. The summed E-state index contributed by atoms with van der Waals surface area (Å²) in [7, 11) is 2.75. The fourth-order valence-corrected chi connectivity index (χ4v) is 1.64. The van der Waals surface area contributed by atoms with Gasteiger partial charge in [0.05, 0.1) is 19.9 Å². The van der Waals surface area contributed by atoms with Crippen LogP contribution in [0.1, 0.15) is 10.4 Å². The van der Waals surface area contributed by atoms with Crippen molar-refractivity contribution in [1.82, 2.24) is 0 Å². The number of ketones is 1. The molecule has 0 N–H and O–H groups in total. The maximum Gasteiger partial charge on any atom is 0.322 e. The van der Waals surface area contributed by atoms with Crippen LogP contribution in [0.4, 0.5) is 5.69 Å². The Hall–Kier alpha value is -2.17. The molecule has 5 heteroatoms. The molecule has 0 amide bonds. The summed E-state index contributed by atoms with van der Waals surface area (Å²) < 4.78 is 9.58. The molecule has 0 spiro atoms. The van der Waals surface area contributed by atoms with E-state index in [0.29, 0.717) is 17.0 Å². The molecule has 1 aliphatic rings. The summed E-state index contributed by atoms with van der Waals surface area (Å²) in [5.74, 6) is -1.33. The highest BCUT2D eigenvalue weighted by Gasteiger charge is 2.31. The van der Waals surface area contributed by atoms with E-state index in [2.05, 4.69) is 9.73 Å². The summed E-state index contributed by atoms with van der Waals surface area (Å²) in [4.78, 5) is 27.5. The Kier molecular flexibility index (Phi) is 2.91. The number of benzene rings is 1. The first kappa shape index (κ1) is 11.3. The second-order valence-corrected chi connectivity index (χ2v) is 3.53. The van der Waals surface area contributed by atoms with Crippen molar-refractivity contribution in [3.8, 4) is 5.75 Å². The molecular weight excluding hydrogens is 222 g/mol. The highest BCUT2D eigenvalue weighted by Crippen LogP contribution is 2.30. The van der Waals surface area contributed by atoms with Gasteiger partial charge in [-0.25, -0.2) is 0 Å². The summed E-state index contributed by atoms with van der Waals surface area (Å²) in [6, 6.07) is 4.96. The van der Waals surface area contributed by atoms with Crippen LogP contribution in [0.15, 0.2) is 23.2 Å². The molecule has 1 aromatic carbocycles. The third-order valence-electron chi connectivity index (χ3n) is 2.57. The van der Waals surface area contributed by atoms with Gasteiger partial charge in [0.1, 0.15) is 5.75 Å². The van der Waals surface area contributed by atoms with Crippen molar-refractivity contribution in [1.29, 1.82) is 0 Å². The van der Waals surface area contributed by atoms with E-state index in [1.54, 1.807) is 18.2 Å². The molecule has 0 aromatic heterocycles. The largest absolute Gasteiger partial charge is 0.497 e. The second-order valence-electron chi connectivity index (χ2n) is 3.53. The molecule has 0 fully saturated rings. The van der Waals surface area contributed by atoms with Gasteiger partial charge >= 0.3 is 5.97 Å². The Morgan fingerprint density at radius 2 is 2.12 bits per heavy atom. The number of hydrogen-bond donors (Lipinski definition) is 0. The number of hydrogen-bond acceptors (Lipinski definition) is 5. The first-order chi connectivity index (χ1) is 8.17. The van der Waals surface area contributed by atoms with Crippen molar-refractivity contribution >= 4 is 23.7 Å². The van der Waals surface area contributed by atoms with Crippen LogP contribution in [0.2, 0.25) is 0 Å². The number of rotatable bonds is 2. The Bertz CT molecular complexity index is 507. The standard InChI is InChI=1S/C12H11NO4/c1-16-7-3-4-10-8(5-7)11(14)9(6-13-10)12(15)17-2/h3-6,9H,1-2H3. The summed E-state index contributed by atoms with van der Waals surface area (Å²) in [5, 5.41) is 0. The molecule has 0 aliphatic carbocycles. The van der Waals surface area contributed by atoms with E-state index < -0.39 is 11.9 Å². The Labute approximate surface area is 98.1 Å². The van der Waals surface area contributed by atoms with E-state index in [9.17, 15) is 9.59 Å². The van der Waals surface area contributed by atoms with Crippen LogP contribution >= 0.6 is 0 Å². The van der Waals surface area contributed by atoms with E-state index >= 15 is 0 Å². The number of methoxy groups -OCH3 is 2. The maximum atomic E-state index is 12.0. The predicted octanol–water partition coefficient (Wildman–Crippen LogP) is 1.38. The Balaban J connectivity index is 2.43. The van der Waals surface area contributed by atoms with Crippen LogP contribution in [0.3, 0.4) is 0 Å². The van der Waals surface area contributed by atoms with Crippen molar-refractivity contribution in [2.45, 2.75) is 0 Å². The van der Waals surface area contributed by atoms with Crippen LogP contribution in [0.25, 0.3) is 0 Å². The maximum absolute atomic E-state index is 12.0. The minimum absolute atomic E-state index is 0.319. The number of fused-ring (bicyclic) bond motifs is 1. The molecule has 0 saturated heterocycles. The van der Waals surface area contributed by atoms with E-state index in [0.717, 1.165) is 0 Å². The molecule has 1 aliphatic heterocycles. The second kappa shape index (κ2) is 4.37. The minimum atomic E-state index is -0.959. The molecule has 88 valence electrons. The van der Waals surface area contributed by atoms with Crippen molar-refractivity contribution < 1.29 is 19.1 Å². The zero-order chi connectivity index (χ0) is 12.4. The molecule has 5 nitrogen and oxygen atoms in total. The summed E-state index contributed by atoms with van der Waals surface area (Å²) >= 11 is 0. The van der Waals surface area contributed by atoms with Gasteiger partial charge in [0.15, 0.2) is 11.7 Å². The SMILES string of the molecule is COC(=O)C1C=Nc2ccc(OC)cc2C1=O. The highest BCUT2D eigenvalue weighted by atomic mass is 16.5. The Morgan fingerprint density at radius 1 is 1.35 bits per heavy atom. The average molecular weight is 233 g/mol. The van der Waals surface area contributed by atoms with Crippen LogP contribution in [0.5, 0.6) is 5.75 Å². The van der Waals surface area contributed by atoms with Gasteiger partial charge in [0.25, 0.3) is 0 Å². The van der Waals surface area contributed by atoms with Crippen LogP contribution in [0, 0.1) is 5.92 Å². The normalized spacial score (nSPS) is 17.5. The molecule has 0 saturated carbocycles. The summed E-state index contributed by atoms with van der Waals surface area (Å²) in [5.41, 5.74) is 0.915. The number of nitrogens with zero attached hydrogens (tertiary/aromatic N) is 1. The van der Waals surface area contributed by atoms with E-state index in [-0.39, 0.29) is 5.78 Å². The van der Waals surface area contributed by atoms with Crippen molar-refractivity contribution in [2.24, 2.45) is 10.9 Å². The molecule has 17 heavy (non-hydrogen) atoms.